The van der Waals surface area contributed by atoms with Crippen LogP contribution in [0.4, 0.5) is 0 Å². The summed E-state index contributed by atoms with van der Waals surface area (Å²) >= 11 is 6.91. The van der Waals surface area contributed by atoms with Gasteiger partial charge in [-0.25, -0.2) is 0 Å². The van der Waals surface area contributed by atoms with Gasteiger partial charge in [-0.2, -0.15) is 5.10 Å². The van der Waals surface area contributed by atoms with E-state index in [1.807, 2.05) is 41.1 Å². The van der Waals surface area contributed by atoms with Gasteiger partial charge in [-0.15, -0.1) is 11.3 Å². The lowest BCUT2D eigenvalue weighted by molar-refractivity contribution is -0.121. The summed E-state index contributed by atoms with van der Waals surface area (Å²) in [5, 5.41) is 12.2. The van der Waals surface area contributed by atoms with Gasteiger partial charge in [0.25, 0.3) is 0 Å². The van der Waals surface area contributed by atoms with Gasteiger partial charge in [-0.3, -0.25) is 14.5 Å². The minimum atomic E-state index is 0.0162. The van der Waals surface area contributed by atoms with Gasteiger partial charge < -0.3 is 10.1 Å². The highest BCUT2D eigenvalue weighted by atomic mass is 32.1. The molecule has 1 aromatic carbocycles. The van der Waals surface area contributed by atoms with E-state index in [1.54, 1.807) is 18.4 Å². The number of aromatic nitrogens is 3. The van der Waals surface area contributed by atoms with Crippen molar-refractivity contribution in [2.75, 3.05) is 7.11 Å². The van der Waals surface area contributed by atoms with Crippen molar-refractivity contribution in [1.29, 1.82) is 0 Å². The van der Waals surface area contributed by atoms with Crippen molar-refractivity contribution in [1.82, 2.24) is 20.1 Å². The smallest absolute Gasteiger partial charge is 0.222 e. The van der Waals surface area contributed by atoms with E-state index in [4.69, 9.17) is 17.0 Å². The maximum Gasteiger partial charge on any atom is 0.222 e. The number of methoxy groups -OCH3 is 1. The number of ether oxygens (including phenoxy) is 1. The first-order valence-electron chi connectivity index (χ1n) is 9.18. The van der Waals surface area contributed by atoms with Crippen LogP contribution < -0.4 is 10.1 Å². The zero-order valence-electron chi connectivity index (χ0n) is 16.0. The Bertz CT molecular complexity index is 946. The third-order valence-corrected chi connectivity index (χ3v) is 5.67. The number of carbonyl (C=O) groups excluding carboxylic acids is 1. The Balaban J connectivity index is 1.48. The van der Waals surface area contributed by atoms with Gasteiger partial charge in [-0.1, -0.05) is 18.2 Å². The third kappa shape index (κ3) is 5.30. The normalized spacial score (nSPS) is 11.9. The van der Waals surface area contributed by atoms with Crippen molar-refractivity contribution in [2.24, 2.45) is 0 Å². The lowest BCUT2D eigenvalue weighted by atomic mass is 10.1. The van der Waals surface area contributed by atoms with Gasteiger partial charge in [0, 0.05) is 19.0 Å². The summed E-state index contributed by atoms with van der Waals surface area (Å²) < 4.78 is 7.58. The van der Waals surface area contributed by atoms with E-state index >= 15 is 0 Å². The second-order valence-electron chi connectivity index (χ2n) is 6.59. The first kappa shape index (κ1) is 20.3. The van der Waals surface area contributed by atoms with Gasteiger partial charge in [-0.05, 0) is 61.1 Å². The van der Waals surface area contributed by atoms with Gasteiger partial charge in [0.15, 0.2) is 10.6 Å². The monoisotopic (exact) mass is 416 g/mol. The van der Waals surface area contributed by atoms with Crippen LogP contribution in [-0.2, 0) is 17.8 Å². The van der Waals surface area contributed by atoms with Crippen LogP contribution in [0.5, 0.6) is 5.75 Å². The van der Waals surface area contributed by atoms with Crippen LogP contribution in [0.15, 0.2) is 41.8 Å². The van der Waals surface area contributed by atoms with Crippen LogP contribution in [0.25, 0.3) is 10.7 Å². The molecule has 3 rings (SSSR count). The van der Waals surface area contributed by atoms with E-state index in [0.29, 0.717) is 17.7 Å². The number of carbonyl (C=O) groups is 1. The summed E-state index contributed by atoms with van der Waals surface area (Å²) in [4.78, 5) is 13.4. The quantitative estimate of drug-likeness (QED) is 0.513. The van der Waals surface area contributed by atoms with Crippen molar-refractivity contribution < 1.29 is 9.53 Å². The molecule has 2 heterocycles. The Morgan fingerprint density at radius 1 is 1.36 bits per heavy atom. The van der Waals surface area contributed by atoms with E-state index in [2.05, 4.69) is 27.6 Å². The Labute approximate surface area is 173 Å². The summed E-state index contributed by atoms with van der Waals surface area (Å²) in [5.74, 6) is 1.65. The first-order valence-corrected chi connectivity index (χ1v) is 10.5. The number of nitrogens with one attached hydrogen (secondary N) is 2. The summed E-state index contributed by atoms with van der Waals surface area (Å²) in [7, 11) is 1.66. The number of hydrogen-bond donors (Lipinski definition) is 2. The van der Waals surface area contributed by atoms with E-state index < -0.39 is 0 Å². The molecule has 8 heteroatoms. The highest BCUT2D eigenvalue weighted by molar-refractivity contribution is 7.71. The molecule has 3 aromatic rings. The summed E-state index contributed by atoms with van der Waals surface area (Å²) in [5.41, 5.74) is 1.23. The van der Waals surface area contributed by atoms with Crippen molar-refractivity contribution in [3.63, 3.8) is 0 Å². The van der Waals surface area contributed by atoms with Crippen LogP contribution in [-0.4, -0.2) is 33.8 Å². The summed E-state index contributed by atoms with van der Waals surface area (Å²) in [6, 6.07) is 12.1. The van der Waals surface area contributed by atoms with Gasteiger partial charge in [0.05, 0.1) is 12.0 Å². The molecule has 2 N–H and O–H groups in total. The molecule has 0 aliphatic carbocycles. The number of aryl methyl sites for hydroxylation is 1. The van der Waals surface area contributed by atoms with Crippen LogP contribution >= 0.6 is 23.6 Å². The molecule has 0 bridgehead atoms. The number of thiophene rings is 1. The summed E-state index contributed by atoms with van der Waals surface area (Å²) in [6.45, 7) is 2.53. The molecule has 0 aliphatic heterocycles. The number of rotatable bonds is 9. The predicted molar refractivity (Wildman–Crippen MR) is 114 cm³/mol. The average Bonchev–Trinajstić information content (AvgIpc) is 3.35. The molecule has 6 nitrogen and oxygen atoms in total. The van der Waals surface area contributed by atoms with Crippen LogP contribution in [0.3, 0.4) is 0 Å². The van der Waals surface area contributed by atoms with E-state index in [9.17, 15) is 4.79 Å². The Kier molecular flexibility index (Phi) is 7.00. The summed E-state index contributed by atoms with van der Waals surface area (Å²) in [6.07, 6.45) is 2.14. The SMILES string of the molecule is COc1ccc(CCC(C)NC(=O)CCn2c(-c3cccs3)n[nH]c2=S)cc1. The molecule has 2 aromatic heterocycles. The van der Waals surface area contributed by atoms with Gasteiger partial charge in [0.1, 0.15) is 5.75 Å². The maximum atomic E-state index is 12.3. The minimum absolute atomic E-state index is 0.0162. The molecule has 0 saturated heterocycles. The maximum absolute atomic E-state index is 12.3. The molecule has 0 radical (unpaired) electrons. The van der Waals surface area contributed by atoms with Gasteiger partial charge in [0.2, 0.25) is 5.91 Å². The molecule has 0 saturated carbocycles. The largest absolute Gasteiger partial charge is 0.497 e. The van der Waals surface area contributed by atoms with E-state index in [-0.39, 0.29) is 11.9 Å². The molecule has 1 unspecified atom stereocenters. The zero-order chi connectivity index (χ0) is 19.9. The second kappa shape index (κ2) is 9.66. The fourth-order valence-corrected chi connectivity index (χ4v) is 3.87. The lowest BCUT2D eigenvalue weighted by Crippen LogP contribution is -2.33. The Hall–Kier alpha value is -2.45. The van der Waals surface area contributed by atoms with E-state index in [1.165, 1.54) is 5.56 Å². The lowest BCUT2D eigenvalue weighted by Gasteiger charge is -2.14. The Morgan fingerprint density at radius 2 is 2.14 bits per heavy atom. The zero-order valence-corrected chi connectivity index (χ0v) is 17.6. The van der Waals surface area contributed by atoms with Crippen LogP contribution in [0.1, 0.15) is 25.3 Å². The van der Waals surface area contributed by atoms with Crippen molar-refractivity contribution >= 4 is 29.5 Å². The van der Waals surface area contributed by atoms with Crippen molar-refractivity contribution in [2.45, 2.75) is 38.8 Å². The number of H-pyrrole nitrogens is 1. The fraction of sp³-hybridized carbons (Fsp3) is 0.350. The number of amides is 1. The molecule has 0 spiro atoms. The molecule has 0 fully saturated rings. The standard InChI is InChI=1S/C20H24N4O2S2/c1-14(5-6-15-7-9-16(26-2)10-8-15)21-18(25)11-12-24-19(22-23-20(24)27)17-4-3-13-28-17/h3-4,7-10,13-14H,5-6,11-12H2,1-2H3,(H,21,25)(H,23,27). The van der Waals surface area contributed by atoms with Crippen molar-refractivity contribution in [3.05, 3.63) is 52.1 Å². The number of benzene rings is 1. The molecule has 148 valence electrons. The first-order chi connectivity index (χ1) is 13.6. The minimum Gasteiger partial charge on any atom is -0.497 e. The highest BCUT2D eigenvalue weighted by Crippen LogP contribution is 2.22. The number of nitrogens with zero attached hydrogens (tertiary/aromatic N) is 2. The molecule has 0 aliphatic rings. The number of hydrogen-bond acceptors (Lipinski definition) is 5. The number of aromatic amines is 1. The molecular formula is C20H24N4O2S2. The van der Waals surface area contributed by atoms with E-state index in [0.717, 1.165) is 29.3 Å². The molecule has 1 atom stereocenters. The predicted octanol–water partition coefficient (Wildman–Crippen LogP) is 4.21. The van der Waals surface area contributed by atoms with Crippen LogP contribution in [0, 0.1) is 4.77 Å². The fourth-order valence-electron chi connectivity index (χ4n) is 2.93. The van der Waals surface area contributed by atoms with Crippen molar-refractivity contribution in [3.8, 4) is 16.5 Å². The third-order valence-electron chi connectivity index (χ3n) is 4.49. The van der Waals surface area contributed by atoms with Crippen LogP contribution in [0.2, 0.25) is 0 Å². The van der Waals surface area contributed by atoms with Gasteiger partial charge >= 0.3 is 0 Å². The topological polar surface area (TPSA) is 71.9 Å². The second-order valence-corrected chi connectivity index (χ2v) is 7.92. The molecule has 28 heavy (non-hydrogen) atoms. The molecular weight excluding hydrogens is 392 g/mol. The highest BCUT2D eigenvalue weighted by Gasteiger charge is 2.13. The Morgan fingerprint density at radius 3 is 2.82 bits per heavy atom. The average molecular weight is 417 g/mol. The molecule has 1 amide bonds.